The topological polar surface area (TPSA) is 46.2 Å². The van der Waals surface area contributed by atoms with Crippen LogP contribution in [-0.2, 0) is 0 Å². The first-order chi connectivity index (χ1) is 3.31. The van der Waals surface area contributed by atoms with Crippen LogP contribution in [0.1, 0.15) is 13.3 Å². The van der Waals surface area contributed by atoms with Crippen molar-refractivity contribution in [3.05, 3.63) is 0 Å². The molecule has 0 aliphatic rings. The van der Waals surface area contributed by atoms with Crippen molar-refractivity contribution in [3.8, 4) is 0 Å². The normalized spacial score (nSPS) is 15.9. The Morgan fingerprint density at radius 2 is 2.43 bits per heavy atom. The molecule has 44 valence electrons. The van der Waals surface area contributed by atoms with Crippen LogP contribution in [0.15, 0.2) is 0 Å². The average molecular weight is 119 g/mol. The summed E-state index contributed by atoms with van der Waals surface area (Å²) in [4.78, 5) is 8.43. The number of hydrogen-bond acceptors (Lipinski definition) is 2. The highest BCUT2D eigenvalue weighted by molar-refractivity contribution is 6.25. The second-order valence-corrected chi connectivity index (χ2v) is 2.71. The molecule has 0 rings (SSSR count). The maximum Gasteiger partial charge on any atom is 0.158 e. The zero-order chi connectivity index (χ0) is 5.70. The van der Waals surface area contributed by atoms with Gasteiger partial charge in [-0.1, -0.05) is 6.92 Å². The van der Waals surface area contributed by atoms with Crippen molar-refractivity contribution in [3.63, 3.8) is 0 Å². The second kappa shape index (κ2) is 4.30. The molecule has 1 unspecified atom stereocenters. The van der Waals surface area contributed by atoms with E-state index in [4.69, 9.17) is 10.5 Å². The van der Waals surface area contributed by atoms with Gasteiger partial charge < -0.3 is 10.5 Å². The van der Waals surface area contributed by atoms with E-state index >= 15 is 0 Å². The zero-order valence-corrected chi connectivity index (χ0v) is 6.14. The average Bonchev–Trinajstić information content (AvgIpc) is 1.68. The molecule has 0 fully saturated rings. The molecule has 0 heterocycles. The predicted octanol–water partition coefficient (Wildman–Crippen LogP) is -0.782. The second-order valence-electron chi connectivity index (χ2n) is 1.68. The van der Waals surface area contributed by atoms with E-state index < -0.39 is 9.76 Å². The molecule has 0 amide bonds. The Morgan fingerprint density at radius 1 is 1.86 bits per heavy atom. The highest BCUT2D eigenvalue weighted by Crippen LogP contribution is 1.89. The first kappa shape index (κ1) is 7.14. The largest absolute Gasteiger partial charge is 0.438 e. The minimum absolute atomic E-state index is 0.261. The molecule has 0 aliphatic heterocycles. The first-order valence-corrected chi connectivity index (χ1v) is 4.31. The Morgan fingerprint density at radius 3 is 2.57 bits per heavy atom. The lowest BCUT2D eigenvalue weighted by Gasteiger charge is -2.02. The molecule has 0 radical (unpaired) electrons. The fraction of sp³-hybridized carbons (Fsp3) is 1.00. The summed E-state index contributed by atoms with van der Waals surface area (Å²) in [6.45, 7) is 2.04. The molecule has 0 aliphatic carbocycles. The van der Waals surface area contributed by atoms with Gasteiger partial charge in [0.1, 0.15) is 0 Å². The molecule has 3 heteroatoms. The van der Waals surface area contributed by atoms with Crippen molar-refractivity contribution >= 4 is 9.76 Å². The molecule has 3 N–H and O–H groups in total. The fourth-order valence-electron chi connectivity index (χ4n) is 0.370. The van der Waals surface area contributed by atoms with Crippen LogP contribution < -0.4 is 5.73 Å². The van der Waals surface area contributed by atoms with E-state index in [9.17, 15) is 0 Å². The summed E-state index contributed by atoms with van der Waals surface area (Å²) in [7, 11) is -0.769. The summed E-state index contributed by atoms with van der Waals surface area (Å²) in [6, 6.07) is 1.13. The van der Waals surface area contributed by atoms with Gasteiger partial charge in [-0.15, -0.1) is 0 Å². The van der Waals surface area contributed by atoms with E-state index in [1.807, 2.05) is 6.92 Å². The van der Waals surface area contributed by atoms with Crippen molar-refractivity contribution in [2.75, 3.05) is 0 Å². The van der Waals surface area contributed by atoms with Crippen molar-refractivity contribution in [1.82, 2.24) is 0 Å². The highest BCUT2D eigenvalue weighted by atomic mass is 28.2. The molecule has 0 aromatic rings. The lowest BCUT2D eigenvalue weighted by molar-refractivity contribution is 0.580. The predicted molar refractivity (Wildman–Crippen MR) is 33.8 cm³/mol. The molecule has 2 nitrogen and oxygen atoms in total. The molecule has 1 atom stereocenters. The maximum atomic E-state index is 8.43. The Kier molecular flexibility index (Phi) is 4.38. The number of hydrogen-bond donors (Lipinski definition) is 2. The summed E-state index contributed by atoms with van der Waals surface area (Å²) in [5.74, 6) is 0. The van der Waals surface area contributed by atoms with Gasteiger partial charge in [0.05, 0.1) is 0 Å². The summed E-state index contributed by atoms with van der Waals surface area (Å²) in [5, 5.41) is 0. The van der Waals surface area contributed by atoms with Gasteiger partial charge >= 0.3 is 0 Å². The van der Waals surface area contributed by atoms with Crippen molar-refractivity contribution in [1.29, 1.82) is 0 Å². The van der Waals surface area contributed by atoms with Crippen molar-refractivity contribution < 1.29 is 4.80 Å². The molecule has 0 saturated heterocycles. The molecule has 7 heavy (non-hydrogen) atoms. The third kappa shape index (κ3) is 3.98. The van der Waals surface area contributed by atoms with E-state index in [-0.39, 0.29) is 6.04 Å². The Labute approximate surface area is 46.7 Å². The van der Waals surface area contributed by atoms with Crippen LogP contribution in [0.4, 0.5) is 0 Å². The molecule has 0 saturated carbocycles. The Hall–Kier alpha value is 0.137. The van der Waals surface area contributed by atoms with E-state index in [2.05, 4.69) is 0 Å². The maximum absolute atomic E-state index is 8.43. The van der Waals surface area contributed by atoms with Gasteiger partial charge in [0.25, 0.3) is 0 Å². The van der Waals surface area contributed by atoms with Crippen molar-refractivity contribution in [2.45, 2.75) is 25.4 Å². The van der Waals surface area contributed by atoms with Gasteiger partial charge in [-0.05, 0) is 12.5 Å². The van der Waals surface area contributed by atoms with E-state index in [1.54, 1.807) is 0 Å². The minimum Gasteiger partial charge on any atom is -0.438 e. The quantitative estimate of drug-likeness (QED) is 0.479. The number of nitrogens with two attached hydrogens (primary N) is 1. The smallest absolute Gasteiger partial charge is 0.158 e. The van der Waals surface area contributed by atoms with Crippen LogP contribution in [-0.4, -0.2) is 20.6 Å². The van der Waals surface area contributed by atoms with Crippen LogP contribution in [0.5, 0.6) is 0 Å². The summed E-state index contributed by atoms with van der Waals surface area (Å²) < 4.78 is 0. The van der Waals surface area contributed by atoms with Gasteiger partial charge in [-0.2, -0.15) is 0 Å². The molecule has 0 aromatic carbocycles. The van der Waals surface area contributed by atoms with Crippen molar-refractivity contribution in [2.24, 2.45) is 5.73 Å². The Balaban J connectivity index is 2.83. The third-order valence-corrected chi connectivity index (χ3v) is 2.02. The van der Waals surface area contributed by atoms with Gasteiger partial charge in [0, 0.05) is 6.04 Å². The third-order valence-electron chi connectivity index (χ3n) is 1.02. The van der Waals surface area contributed by atoms with E-state index in [1.165, 1.54) is 0 Å². The van der Waals surface area contributed by atoms with E-state index in [0.29, 0.717) is 0 Å². The van der Waals surface area contributed by atoms with Crippen LogP contribution in [0.2, 0.25) is 6.04 Å². The van der Waals surface area contributed by atoms with Gasteiger partial charge in [0.15, 0.2) is 9.76 Å². The minimum atomic E-state index is -0.769. The summed E-state index contributed by atoms with van der Waals surface area (Å²) >= 11 is 0. The van der Waals surface area contributed by atoms with Gasteiger partial charge in [-0.25, -0.2) is 0 Å². The zero-order valence-electron chi connectivity index (χ0n) is 4.72. The molecular formula is C4H13NOSi. The highest BCUT2D eigenvalue weighted by Gasteiger charge is 1.94. The lowest BCUT2D eigenvalue weighted by atomic mass is 10.3. The standard InChI is InChI=1S/C4H13NOSi/c1-2-4(5)3-7-6/h4,6H,2-3,5,7H2,1H3. The summed E-state index contributed by atoms with van der Waals surface area (Å²) in [6.07, 6.45) is 0.994. The lowest BCUT2D eigenvalue weighted by Crippen LogP contribution is -2.19. The molecular weight excluding hydrogens is 106 g/mol. The molecule has 0 spiro atoms. The van der Waals surface area contributed by atoms with E-state index in [0.717, 1.165) is 12.5 Å². The van der Waals surface area contributed by atoms with Crippen LogP contribution in [0, 0.1) is 0 Å². The fourth-order valence-corrected chi connectivity index (χ4v) is 1.11. The monoisotopic (exact) mass is 119 g/mol. The van der Waals surface area contributed by atoms with Crippen LogP contribution >= 0.6 is 0 Å². The van der Waals surface area contributed by atoms with Crippen LogP contribution in [0.25, 0.3) is 0 Å². The molecule has 0 aromatic heterocycles. The van der Waals surface area contributed by atoms with Gasteiger partial charge in [-0.3, -0.25) is 0 Å². The molecule has 0 bridgehead atoms. The number of rotatable bonds is 3. The first-order valence-electron chi connectivity index (χ1n) is 2.67. The summed E-state index contributed by atoms with van der Waals surface area (Å²) in [5.41, 5.74) is 5.46. The SMILES string of the molecule is CCC(N)C[SiH2]O. The van der Waals surface area contributed by atoms with Crippen LogP contribution in [0.3, 0.4) is 0 Å². The Bertz CT molecular complexity index is 42.7. The van der Waals surface area contributed by atoms with Gasteiger partial charge in [0.2, 0.25) is 0 Å².